The molecule has 3 heterocycles. The molecule has 4 aromatic rings. The fourth-order valence-corrected chi connectivity index (χ4v) is 8.56. The molecule has 3 aromatic carbocycles. The number of fused-ring (bicyclic) bond motifs is 4. The average Bonchev–Trinajstić information content (AvgIpc) is 3.74. The molecule has 11 heteroatoms. The Morgan fingerprint density at radius 2 is 1.60 bits per heavy atom. The van der Waals surface area contributed by atoms with Gasteiger partial charge in [0.15, 0.2) is 0 Å². The Hall–Kier alpha value is -5.06. The standard InChI is InChI=1S/C37H29ClFN3O6/c38-21-8-6-20(7-9-21)37-29(34(45)42(36(37)47)40-23-12-10-22(39)11-13-23)18-28-26(32(37)30-17-14-25(19-43)48-30)15-16-27-31(28)35(46)41(33(27)44)24-4-2-1-3-5-24/h1-15,17,27-29,31-32,40,43H,16,18-19H2. The third-order valence-electron chi connectivity index (χ3n) is 10.4. The fourth-order valence-electron chi connectivity index (χ4n) is 8.43. The highest BCUT2D eigenvalue weighted by molar-refractivity contribution is 6.30. The molecule has 3 fully saturated rings. The molecule has 4 amide bonds. The molecule has 6 unspecified atom stereocenters. The zero-order valence-electron chi connectivity index (χ0n) is 25.4. The highest BCUT2D eigenvalue weighted by Gasteiger charge is 2.71. The third kappa shape index (κ3) is 4.32. The van der Waals surface area contributed by atoms with Crippen LogP contribution < -0.4 is 10.3 Å². The zero-order chi connectivity index (χ0) is 33.3. The lowest BCUT2D eigenvalue weighted by Crippen LogP contribution is -2.53. The summed E-state index contributed by atoms with van der Waals surface area (Å²) in [6, 6.07) is 24.1. The van der Waals surface area contributed by atoms with Crippen molar-refractivity contribution in [1.29, 1.82) is 0 Å². The van der Waals surface area contributed by atoms with Gasteiger partial charge in [-0.2, -0.15) is 5.01 Å². The predicted molar refractivity (Wildman–Crippen MR) is 173 cm³/mol. The average molecular weight is 666 g/mol. The molecule has 2 N–H and O–H groups in total. The number of nitrogens with one attached hydrogen (secondary N) is 1. The molecule has 1 saturated carbocycles. The normalized spacial score (nSPS) is 27.9. The number of nitrogens with zero attached hydrogens (tertiary/aromatic N) is 2. The predicted octanol–water partition coefficient (Wildman–Crippen LogP) is 5.75. The molecule has 8 rings (SSSR count). The van der Waals surface area contributed by atoms with E-state index in [9.17, 15) is 23.9 Å². The number of aliphatic hydroxyl groups excluding tert-OH is 1. The number of imide groups is 2. The first-order chi connectivity index (χ1) is 23.2. The number of furan rings is 1. The molecule has 48 heavy (non-hydrogen) atoms. The fraction of sp³-hybridized carbons (Fsp3) is 0.243. The first kappa shape index (κ1) is 30.3. The van der Waals surface area contributed by atoms with Gasteiger partial charge in [0.1, 0.15) is 29.4 Å². The Kier molecular flexibility index (Phi) is 7.12. The molecule has 2 aliphatic carbocycles. The molecule has 1 aromatic heterocycles. The summed E-state index contributed by atoms with van der Waals surface area (Å²) in [7, 11) is 0. The van der Waals surface area contributed by atoms with E-state index < -0.39 is 52.6 Å². The van der Waals surface area contributed by atoms with Crippen LogP contribution in [0.4, 0.5) is 15.8 Å². The number of hydrogen-bond acceptors (Lipinski definition) is 7. The summed E-state index contributed by atoms with van der Waals surface area (Å²) in [6.45, 7) is -0.387. The van der Waals surface area contributed by atoms with Crippen LogP contribution in [0.1, 0.15) is 35.8 Å². The first-order valence-electron chi connectivity index (χ1n) is 15.7. The molecule has 0 spiro atoms. The van der Waals surface area contributed by atoms with Gasteiger partial charge in [-0.05, 0) is 85.0 Å². The van der Waals surface area contributed by atoms with E-state index in [1.807, 2.05) is 12.1 Å². The number of carbonyl (C=O) groups excluding carboxylic acids is 4. The van der Waals surface area contributed by atoms with Crippen LogP contribution in [0.3, 0.4) is 0 Å². The van der Waals surface area contributed by atoms with Crippen molar-refractivity contribution in [3.05, 3.63) is 131 Å². The number of aliphatic hydroxyl groups is 1. The number of allylic oxidation sites excluding steroid dienone is 2. The second-order valence-corrected chi connectivity index (χ2v) is 13.1. The first-order valence-corrected chi connectivity index (χ1v) is 16.1. The van der Waals surface area contributed by atoms with Crippen LogP contribution in [0.5, 0.6) is 0 Å². The van der Waals surface area contributed by atoms with Gasteiger partial charge in [0, 0.05) is 5.02 Å². The maximum absolute atomic E-state index is 15.0. The van der Waals surface area contributed by atoms with E-state index in [2.05, 4.69) is 5.43 Å². The van der Waals surface area contributed by atoms with Gasteiger partial charge < -0.3 is 9.52 Å². The second kappa shape index (κ2) is 11.3. The Bertz CT molecular complexity index is 2000. The molecule has 0 radical (unpaired) electrons. The van der Waals surface area contributed by atoms with Crippen molar-refractivity contribution in [2.45, 2.75) is 30.8 Å². The van der Waals surface area contributed by atoms with Crippen LogP contribution in [-0.4, -0.2) is 33.7 Å². The van der Waals surface area contributed by atoms with E-state index in [1.165, 1.54) is 29.2 Å². The molecular weight excluding hydrogens is 637 g/mol. The Labute approximate surface area is 279 Å². The van der Waals surface area contributed by atoms with Gasteiger partial charge in [-0.15, -0.1) is 0 Å². The highest BCUT2D eigenvalue weighted by Crippen LogP contribution is 2.64. The van der Waals surface area contributed by atoms with Crippen molar-refractivity contribution in [3.63, 3.8) is 0 Å². The summed E-state index contributed by atoms with van der Waals surface area (Å²) in [5.74, 6) is -5.46. The monoisotopic (exact) mass is 665 g/mol. The molecule has 6 atom stereocenters. The second-order valence-electron chi connectivity index (χ2n) is 12.7. The van der Waals surface area contributed by atoms with Crippen molar-refractivity contribution in [3.8, 4) is 0 Å². The van der Waals surface area contributed by atoms with E-state index in [4.69, 9.17) is 16.0 Å². The van der Waals surface area contributed by atoms with E-state index in [0.29, 0.717) is 27.7 Å². The van der Waals surface area contributed by atoms with Crippen molar-refractivity contribution in [2.24, 2.45) is 23.7 Å². The SMILES string of the molecule is O=C1C2CC3C(=CCC4C(=O)N(c5ccccc5)C(=O)C43)C(c3ccc(CO)o3)C2(c2ccc(Cl)cc2)C(=O)N1Nc1ccc(F)cc1. The minimum absolute atomic E-state index is 0.105. The Balaban J connectivity index is 1.32. The molecule has 242 valence electrons. The summed E-state index contributed by atoms with van der Waals surface area (Å²) >= 11 is 6.31. The minimum Gasteiger partial charge on any atom is -0.463 e. The third-order valence-corrected chi connectivity index (χ3v) is 10.6. The van der Waals surface area contributed by atoms with E-state index >= 15 is 4.79 Å². The van der Waals surface area contributed by atoms with Gasteiger partial charge in [0.05, 0.1) is 35.0 Å². The number of halogens is 2. The van der Waals surface area contributed by atoms with Crippen LogP contribution in [-0.2, 0) is 31.2 Å². The van der Waals surface area contributed by atoms with Gasteiger partial charge >= 0.3 is 0 Å². The van der Waals surface area contributed by atoms with Gasteiger partial charge in [0.25, 0.3) is 11.8 Å². The van der Waals surface area contributed by atoms with Crippen LogP contribution in [0, 0.1) is 29.5 Å². The number of anilines is 2. The van der Waals surface area contributed by atoms with E-state index in [1.54, 1.807) is 60.7 Å². The van der Waals surface area contributed by atoms with Crippen molar-refractivity contribution in [2.75, 3.05) is 10.3 Å². The molecule has 9 nitrogen and oxygen atoms in total. The maximum Gasteiger partial charge on any atom is 0.260 e. The van der Waals surface area contributed by atoms with Crippen molar-refractivity contribution < 1.29 is 33.1 Å². The molecule has 2 aliphatic heterocycles. The van der Waals surface area contributed by atoms with Crippen LogP contribution >= 0.6 is 11.6 Å². The molecule has 4 aliphatic rings. The quantitative estimate of drug-likeness (QED) is 0.199. The zero-order valence-corrected chi connectivity index (χ0v) is 26.1. The summed E-state index contributed by atoms with van der Waals surface area (Å²) in [5, 5.41) is 11.4. The number of para-hydroxylation sites is 1. The van der Waals surface area contributed by atoms with Gasteiger partial charge in [-0.1, -0.05) is 53.6 Å². The number of benzene rings is 3. The minimum atomic E-state index is -1.56. The summed E-state index contributed by atoms with van der Waals surface area (Å²) in [5.41, 5.74) is 3.40. The van der Waals surface area contributed by atoms with Crippen LogP contribution in [0.25, 0.3) is 0 Å². The van der Waals surface area contributed by atoms with E-state index in [-0.39, 0.29) is 37.0 Å². The number of hydrogen-bond donors (Lipinski definition) is 2. The lowest BCUT2D eigenvalue weighted by molar-refractivity contribution is -0.138. The smallest absolute Gasteiger partial charge is 0.260 e. The molecular formula is C37H29ClFN3O6. The van der Waals surface area contributed by atoms with Crippen molar-refractivity contribution in [1.82, 2.24) is 5.01 Å². The summed E-state index contributed by atoms with van der Waals surface area (Å²) in [4.78, 5) is 58.9. The highest BCUT2D eigenvalue weighted by atomic mass is 35.5. The van der Waals surface area contributed by atoms with Gasteiger partial charge in [-0.25, -0.2) is 4.39 Å². The summed E-state index contributed by atoms with van der Waals surface area (Å²) in [6.07, 6.45) is 2.29. The number of carbonyl (C=O) groups is 4. The maximum atomic E-state index is 15.0. The largest absolute Gasteiger partial charge is 0.463 e. The lowest BCUT2D eigenvalue weighted by Gasteiger charge is -2.49. The Morgan fingerprint density at radius 3 is 2.29 bits per heavy atom. The van der Waals surface area contributed by atoms with Crippen LogP contribution in [0.15, 0.2) is 107 Å². The molecule has 0 bridgehead atoms. The number of rotatable bonds is 6. The summed E-state index contributed by atoms with van der Waals surface area (Å²) < 4.78 is 20.0. The number of amides is 4. The number of hydrazine groups is 1. The Morgan fingerprint density at radius 1 is 0.875 bits per heavy atom. The van der Waals surface area contributed by atoms with E-state index in [0.717, 1.165) is 10.6 Å². The topological polar surface area (TPSA) is 120 Å². The van der Waals surface area contributed by atoms with Crippen molar-refractivity contribution >= 4 is 46.6 Å². The van der Waals surface area contributed by atoms with Gasteiger partial charge in [-0.3, -0.25) is 29.5 Å². The molecule has 2 saturated heterocycles. The van der Waals surface area contributed by atoms with Gasteiger partial charge in [0.2, 0.25) is 11.8 Å². The lowest BCUT2D eigenvalue weighted by atomic mass is 9.50. The van der Waals surface area contributed by atoms with Crippen LogP contribution in [0.2, 0.25) is 5.02 Å².